The molecule has 154 valence electrons. The molecule has 8 heteroatoms. The van der Waals surface area contributed by atoms with Crippen LogP contribution in [-0.4, -0.2) is 47.6 Å². The van der Waals surface area contributed by atoms with Gasteiger partial charge in [0.05, 0.1) is 17.5 Å². The Balaban J connectivity index is 1.34. The van der Waals surface area contributed by atoms with Crippen molar-refractivity contribution in [1.82, 2.24) is 10.2 Å². The molecule has 3 rings (SSSR count). The summed E-state index contributed by atoms with van der Waals surface area (Å²) in [7, 11) is 0. The minimum Gasteiger partial charge on any atom is -0.444 e. The molecule has 0 aliphatic carbocycles. The van der Waals surface area contributed by atoms with Crippen molar-refractivity contribution in [1.29, 1.82) is 0 Å². The van der Waals surface area contributed by atoms with E-state index < -0.39 is 24.5 Å². The van der Waals surface area contributed by atoms with Crippen LogP contribution >= 0.6 is 0 Å². The molecule has 8 nitrogen and oxygen atoms in total. The van der Waals surface area contributed by atoms with E-state index in [0.29, 0.717) is 5.56 Å². The average molecular weight is 408 g/mol. The molecule has 0 fully saturated rings. The molecule has 3 amide bonds. The van der Waals surface area contributed by atoms with E-state index >= 15 is 0 Å². The van der Waals surface area contributed by atoms with Crippen LogP contribution < -0.4 is 5.32 Å². The van der Waals surface area contributed by atoms with Gasteiger partial charge in [0.25, 0.3) is 11.8 Å². The molecule has 0 aromatic heterocycles. The first kappa shape index (κ1) is 20.9. The number of benzene rings is 2. The zero-order valence-electron chi connectivity index (χ0n) is 16.1. The van der Waals surface area contributed by atoms with Gasteiger partial charge in [0.15, 0.2) is 12.5 Å². The van der Waals surface area contributed by atoms with E-state index in [1.54, 1.807) is 42.5 Å². The van der Waals surface area contributed by atoms with Gasteiger partial charge in [-0.2, -0.15) is 0 Å². The first-order valence-corrected chi connectivity index (χ1v) is 9.43. The number of carbonyl (C=O) groups is 5. The highest BCUT2D eigenvalue weighted by Gasteiger charge is 2.35. The lowest BCUT2D eigenvalue weighted by molar-refractivity contribution is -0.146. The predicted molar refractivity (Wildman–Crippen MR) is 106 cm³/mol. The first-order valence-electron chi connectivity index (χ1n) is 9.43. The third kappa shape index (κ3) is 4.96. The molecular formula is C22H20N2O6. The highest BCUT2D eigenvalue weighted by Crippen LogP contribution is 2.22. The average Bonchev–Trinajstić information content (AvgIpc) is 3.01. The summed E-state index contributed by atoms with van der Waals surface area (Å²) >= 11 is 0. The Morgan fingerprint density at radius 3 is 2.03 bits per heavy atom. The van der Waals surface area contributed by atoms with Crippen LogP contribution in [0.4, 0.5) is 0 Å². The zero-order valence-corrected chi connectivity index (χ0v) is 16.1. The number of ether oxygens (including phenoxy) is 1. The minimum absolute atomic E-state index is 0.0117. The molecule has 1 N–H and O–H groups in total. The molecule has 2 aromatic rings. The molecule has 0 saturated carbocycles. The molecular weight excluding hydrogens is 388 g/mol. The van der Waals surface area contributed by atoms with E-state index in [-0.39, 0.29) is 48.6 Å². The fourth-order valence-electron chi connectivity index (χ4n) is 2.95. The van der Waals surface area contributed by atoms with Crippen molar-refractivity contribution in [3.8, 4) is 0 Å². The van der Waals surface area contributed by atoms with Crippen LogP contribution in [0.3, 0.4) is 0 Å². The van der Waals surface area contributed by atoms with E-state index in [9.17, 15) is 24.0 Å². The lowest BCUT2D eigenvalue weighted by Crippen LogP contribution is -2.34. The Morgan fingerprint density at radius 1 is 0.800 bits per heavy atom. The van der Waals surface area contributed by atoms with Crippen molar-refractivity contribution in [3.63, 3.8) is 0 Å². The lowest BCUT2D eigenvalue weighted by Gasteiger charge is -2.14. The zero-order chi connectivity index (χ0) is 21.5. The van der Waals surface area contributed by atoms with Crippen LogP contribution in [0.25, 0.3) is 0 Å². The molecule has 1 aliphatic rings. The SMILES string of the molecule is O=C(CCC(=O)c1ccccc1)NCCC(=O)OCN1C(=O)c2ccccc2C1=O. The highest BCUT2D eigenvalue weighted by molar-refractivity contribution is 6.21. The van der Waals surface area contributed by atoms with Gasteiger partial charge in [-0.1, -0.05) is 42.5 Å². The largest absolute Gasteiger partial charge is 0.444 e. The minimum atomic E-state index is -0.660. The Kier molecular flexibility index (Phi) is 6.69. The van der Waals surface area contributed by atoms with E-state index in [1.165, 1.54) is 12.1 Å². The van der Waals surface area contributed by atoms with Crippen LogP contribution in [0.5, 0.6) is 0 Å². The monoisotopic (exact) mass is 408 g/mol. The fraction of sp³-hybridized carbons (Fsp3) is 0.227. The van der Waals surface area contributed by atoms with Crippen LogP contribution in [0.15, 0.2) is 54.6 Å². The van der Waals surface area contributed by atoms with Crippen LogP contribution in [0.1, 0.15) is 50.3 Å². The van der Waals surface area contributed by atoms with Crippen molar-refractivity contribution in [3.05, 3.63) is 71.3 Å². The van der Waals surface area contributed by atoms with Gasteiger partial charge in [-0.15, -0.1) is 0 Å². The predicted octanol–water partition coefficient (Wildman–Crippen LogP) is 1.95. The first-order chi connectivity index (χ1) is 14.5. The molecule has 0 atom stereocenters. The number of Topliss-reactive ketones (excluding diaryl/α,β-unsaturated/α-hetero) is 1. The van der Waals surface area contributed by atoms with Gasteiger partial charge in [0, 0.05) is 24.9 Å². The van der Waals surface area contributed by atoms with Gasteiger partial charge in [0.2, 0.25) is 5.91 Å². The topological polar surface area (TPSA) is 110 Å². The molecule has 0 bridgehead atoms. The number of ketones is 1. The van der Waals surface area contributed by atoms with E-state index in [0.717, 1.165) is 4.90 Å². The van der Waals surface area contributed by atoms with E-state index in [2.05, 4.69) is 5.32 Å². The van der Waals surface area contributed by atoms with Crippen molar-refractivity contribution < 1.29 is 28.7 Å². The number of amides is 3. The number of nitrogens with one attached hydrogen (secondary N) is 1. The summed E-state index contributed by atoms with van der Waals surface area (Å²) in [4.78, 5) is 60.9. The second kappa shape index (κ2) is 9.60. The van der Waals surface area contributed by atoms with Gasteiger partial charge in [-0.3, -0.25) is 24.0 Å². The summed E-state index contributed by atoms with van der Waals surface area (Å²) in [6.07, 6.45) is -0.0423. The summed E-state index contributed by atoms with van der Waals surface area (Å²) in [5.41, 5.74) is 1.09. The van der Waals surface area contributed by atoms with Gasteiger partial charge in [0.1, 0.15) is 0 Å². The van der Waals surface area contributed by atoms with Crippen molar-refractivity contribution in [2.24, 2.45) is 0 Å². The Hall–Kier alpha value is -3.81. The quantitative estimate of drug-likeness (QED) is 0.386. The summed E-state index contributed by atoms with van der Waals surface area (Å²) < 4.78 is 4.98. The fourth-order valence-corrected chi connectivity index (χ4v) is 2.95. The number of carbonyl (C=O) groups excluding carboxylic acids is 5. The van der Waals surface area contributed by atoms with Gasteiger partial charge >= 0.3 is 5.97 Å². The molecule has 0 unspecified atom stereocenters. The van der Waals surface area contributed by atoms with Gasteiger partial charge in [-0.25, -0.2) is 4.90 Å². The van der Waals surface area contributed by atoms with E-state index in [4.69, 9.17) is 4.74 Å². The van der Waals surface area contributed by atoms with Crippen LogP contribution in [-0.2, 0) is 14.3 Å². The third-order valence-electron chi connectivity index (χ3n) is 4.56. The summed E-state index contributed by atoms with van der Waals surface area (Å²) in [6.45, 7) is -0.454. The Morgan fingerprint density at radius 2 is 1.40 bits per heavy atom. The van der Waals surface area contributed by atoms with Crippen molar-refractivity contribution in [2.75, 3.05) is 13.3 Å². The number of esters is 1. The number of imide groups is 1. The second-order valence-electron chi connectivity index (χ2n) is 6.62. The molecule has 30 heavy (non-hydrogen) atoms. The summed E-state index contributed by atoms with van der Waals surface area (Å²) in [5.74, 6) is -2.18. The molecule has 1 heterocycles. The van der Waals surface area contributed by atoms with E-state index in [1.807, 2.05) is 0 Å². The lowest BCUT2D eigenvalue weighted by atomic mass is 10.1. The molecule has 1 aliphatic heterocycles. The van der Waals surface area contributed by atoms with Gasteiger partial charge < -0.3 is 10.1 Å². The number of nitrogens with zero attached hydrogens (tertiary/aromatic N) is 1. The molecule has 0 saturated heterocycles. The molecule has 0 spiro atoms. The van der Waals surface area contributed by atoms with Crippen molar-refractivity contribution in [2.45, 2.75) is 19.3 Å². The summed E-state index contributed by atoms with van der Waals surface area (Å²) in [5, 5.41) is 2.54. The normalized spacial score (nSPS) is 12.5. The molecule has 0 radical (unpaired) electrons. The van der Waals surface area contributed by atoms with Gasteiger partial charge in [-0.05, 0) is 12.1 Å². The Bertz CT molecular complexity index is 951. The number of fused-ring (bicyclic) bond motifs is 1. The maximum absolute atomic E-state index is 12.2. The smallest absolute Gasteiger partial charge is 0.309 e. The van der Waals surface area contributed by atoms with Crippen LogP contribution in [0.2, 0.25) is 0 Å². The second-order valence-corrected chi connectivity index (χ2v) is 6.62. The highest BCUT2D eigenvalue weighted by atomic mass is 16.5. The number of hydrogen-bond acceptors (Lipinski definition) is 6. The summed E-state index contributed by atoms with van der Waals surface area (Å²) in [6, 6.07) is 15.0. The standard InChI is InChI=1S/C22H20N2O6/c25-18(15-6-2-1-3-7-15)10-11-19(26)23-13-12-20(27)30-14-24-21(28)16-8-4-5-9-17(16)22(24)29/h1-9H,10-14H2,(H,23,26). The maximum Gasteiger partial charge on any atom is 0.309 e. The Labute approximate surface area is 172 Å². The maximum atomic E-state index is 12.2. The number of hydrogen-bond donors (Lipinski definition) is 1. The third-order valence-corrected chi connectivity index (χ3v) is 4.56. The molecule has 2 aromatic carbocycles. The van der Waals surface area contributed by atoms with Crippen molar-refractivity contribution >= 4 is 29.5 Å². The van der Waals surface area contributed by atoms with Crippen LogP contribution in [0, 0.1) is 0 Å². The number of rotatable bonds is 9.